The van der Waals surface area contributed by atoms with Crippen LogP contribution in [0.3, 0.4) is 0 Å². The number of rotatable bonds is 4. The lowest BCUT2D eigenvalue weighted by Gasteiger charge is -2.39. The predicted molar refractivity (Wildman–Crippen MR) is 71.7 cm³/mol. The average Bonchev–Trinajstić information content (AvgIpc) is 2.14. The lowest BCUT2D eigenvalue weighted by molar-refractivity contribution is 0.117. The fraction of sp³-hybridized carbons (Fsp3) is 0.929. The smallest absolute Gasteiger partial charge is 0.116 e. The summed E-state index contributed by atoms with van der Waals surface area (Å²) in [6, 6.07) is 2.78. The van der Waals surface area contributed by atoms with Crippen molar-refractivity contribution in [3.8, 4) is 6.07 Å². The van der Waals surface area contributed by atoms with E-state index in [1.165, 1.54) is 6.42 Å². The highest BCUT2D eigenvalue weighted by molar-refractivity contribution is 5.06. The molecule has 1 saturated heterocycles. The first-order valence-corrected chi connectivity index (χ1v) is 6.76. The van der Waals surface area contributed by atoms with Crippen LogP contribution in [0.4, 0.5) is 0 Å². The van der Waals surface area contributed by atoms with Crippen LogP contribution in [-0.4, -0.2) is 36.1 Å². The van der Waals surface area contributed by atoms with E-state index in [4.69, 9.17) is 0 Å². The van der Waals surface area contributed by atoms with Crippen LogP contribution in [0.1, 0.15) is 41.0 Å². The van der Waals surface area contributed by atoms with Crippen molar-refractivity contribution < 1.29 is 0 Å². The first kappa shape index (κ1) is 14.5. The number of likely N-dealkylation sites (tertiary alicyclic amines) is 1. The first-order chi connectivity index (χ1) is 7.84. The summed E-state index contributed by atoms with van der Waals surface area (Å²) < 4.78 is 0. The molecule has 3 heteroatoms. The summed E-state index contributed by atoms with van der Waals surface area (Å²) in [6.45, 7) is 13.9. The second kappa shape index (κ2) is 5.84. The molecule has 0 bridgehead atoms. The van der Waals surface area contributed by atoms with E-state index >= 15 is 0 Å². The summed E-state index contributed by atoms with van der Waals surface area (Å²) in [5.41, 5.74) is -0.426. The molecule has 0 radical (unpaired) electrons. The zero-order valence-electron chi connectivity index (χ0n) is 12.0. The minimum atomic E-state index is -0.426. The Balaban J connectivity index is 2.59. The SMILES string of the molecule is CC1CC(C)CN(CC(C)(C#N)NC(C)C)C1. The Morgan fingerprint density at radius 3 is 2.29 bits per heavy atom. The molecule has 1 heterocycles. The molecule has 0 aliphatic carbocycles. The van der Waals surface area contributed by atoms with Gasteiger partial charge in [0.2, 0.25) is 0 Å². The van der Waals surface area contributed by atoms with E-state index < -0.39 is 5.54 Å². The van der Waals surface area contributed by atoms with Crippen LogP contribution in [-0.2, 0) is 0 Å². The minimum absolute atomic E-state index is 0.347. The summed E-state index contributed by atoms with van der Waals surface area (Å²) in [4.78, 5) is 2.44. The van der Waals surface area contributed by atoms with E-state index in [1.807, 2.05) is 6.92 Å². The van der Waals surface area contributed by atoms with Gasteiger partial charge in [0.15, 0.2) is 0 Å². The highest BCUT2D eigenvalue weighted by atomic mass is 15.2. The molecule has 1 aliphatic rings. The van der Waals surface area contributed by atoms with Gasteiger partial charge in [0.1, 0.15) is 5.54 Å². The normalized spacial score (nSPS) is 29.9. The van der Waals surface area contributed by atoms with Crippen molar-refractivity contribution in [3.05, 3.63) is 0 Å². The van der Waals surface area contributed by atoms with Crippen LogP contribution < -0.4 is 5.32 Å². The van der Waals surface area contributed by atoms with Gasteiger partial charge in [0.05, 0.1) is 6.07 Å². The summed E-state index contributed by atoms with van der Waals surface area (Å²) >= 11 is 0. The Morgan fingerprint density at radius 1 is 1.35 bits per heavy atom. The molecule has 0 aromatic heterocycles. The van der Waals surface area contributed by atoms with Crippen LogP contribution in [0.15, 0.2) is 0 Å². The van der Waals surface area contributed by atoms with Gasteiger partial charge < -0.3 is 0 Å². The number of nitrogens with zero attached hydrogens (tertiary/aromatic N) is 2. The largest absolute Gasteiger partial charge is 0.300 e. The second-order valence-corrected chi connectivity index (χ2v) is 6.38. The Kier molecular flexibility index (Phi) is 4.97. The van der Waals surface area contributed by atoms with E-state index in [0.717, 1.165) is 31.5 Å². The second-order valence-electron chi connectivity index (χ2n) is 6.38. The predicted octanol–water partition coefficient (Wildman–Crippen LogP) is 2.24. The van der Waals surface area contributed by atoms with E-state index in [2.05, 4.69) is 44.0 Å². The number of piperidine rings is 1. The fourth-order valence-electron chi connectivity index (χ4n) is 3.12. The molecule has 0 saturated carbocycles. The molecule has 0 aromatic carbocycles. The van der Waals surface area contributed by atoms with Gasteiger partial charge in [-0.1, -0.05) is 13.8 Å². The maximum absolute atomic E-state index is 9.36. The van der Waals surface area contributed by atoms with Crippen molar-refractivity contribution in [2.24, 2.45) is 11.8 Å². The highest BCUT2D eigenvalue weighted by Crippen LogP contribution is 2.22. The van der Waals surface area contributed by atoms with Gasteiger partial charge in [-0.25, -0.2) is 0 Å². The van der Waals surface area contributed by atoms with Crippen molar-refractivity contribution >= 4 is 0 Å². The molecule has 0 aromatic rings. The van der Waals surface area contributed by atoms with Gasteiger partial charge in [-0.05, 0) is 39.0 Å². The first-order valence-electron chi connectivity index (χ1n) is 6.76. The van der Waals surface area contributed by atoms with E-state index in [-0.39, 0.29) is 0 Å². The third kappa shape index (κ3) is 4.65. The third-order valence-corrected chi connectivity index (χ3v) is 3.34. The zero-order chi connectivity index (χ0) is 13.1. The molecular weight excluding hydrogens is 210 g/mol. The molecule has 0 amide bonds. The lowest BCUT2D eigenvalue weighted by Crippen LogP contribution is -2.55. The molecule has 3 nitrogen and oxygen atoms in total. The molecule has 0 spiro atoms. The van der Waals surface area contributed by atoms with E-state index in [9.17, 15) is 5.26 Å². The summed E-state index contributed by atoms with van der Waals surface area (Å²) in [5, 5.41) is 12.7. The third-order valence-electron chi connectivity index (χ3n) is 3.34. The van der Waals surface area contributed by atoms with Crippen molar-refractivity contribution in [3.63, 3.8) is 0 Å². The Bertz CT molecular complexity index is 272. The zero-order valence-corrected chi connectivity index (χ0v) is 12.0. The minimum Gasteiger partial charge on any atom is -0.300 e. The van der Waals surface area contributed by atoms with Crippen molar-refractivity contribution in [1.29, 1.82) is 5.26 Å². The molecule has 1 aliphatic heterocycles. The number of nitrogens with one attached hydrogen (secondary N) is 1. The molecule has 1 rings (SSSR count). The van der Waals surface area contributed by atoms with Gasteiger partial charge in [0, 0.05) is 25.7 Å². The van der Waals surface area contributed by atoms with Crippen LogP contribution >= 0.6 is 0 Å². The van der Waals surface area contributed by atoms with Gasteiger partial charge in [-0.2, -0.15) is 5.26 Å². The summed E-state index contributed by atoms with van der Waals surface area (Å²) in [7, 11) is 0. The van der Waals surface area contributed by atoms with Crippen LogP contribution in [0.25, 0.3) is 0 Å². The Morgan fingerprint density at radius 2 is 1.88 bits per heavy atom. The molecular formula is C14H27N3. The van der Waals surface area contributed by atoms with Gasteiger partial charge >= 0.3 is 0 Å². The van der Waals surface area contributed by atoms with Gasteiger partial charge in [-0.3, -0.25) is 10.2 Å². The monoisotopic (exact) mass is 237 g/mol. The van der Waals surface area contributed by atoms with Crippen LogP contribution in [0, 0.1) is 23.2 Å². The molecule has 17 heavy (non-hydrogen) atoms. The van der Waals surface area contributed by atoms with E-state index in [1.54, 1.807) is 0 Å². The fourth-order valence-corrected chi connectivity index (χ4v) is 3.12. The molecule has 1 N–H and O–H groups in total. The molecule has 1 fully saturated rings. The Hall–Kier alpha value is -0.590. The van der Waals surface area contributed by atoms with Crippen molar-refractivity contribution in [2.75, 3.05) is 19.6 Å². The summed E-state index contributed by atoms with van der Waals surface area (Å²) in [6.07, 6.45) is 1.32. The van der Waals surface area contributed by atoms with Gasteiger partial charge in [0.25, 0.3) is 0 Å². The molecule has 98 valence electrons. The van der Waals surface area contributed by atoms with Crippen molar-refractivity contribution in [2.45, 2.75) is 52.6 Å². The maximum Gasteiger partial charge on any atom is 0.116 e. The average molecular weight is 237 g/mol. The molecule has 3 unspecified atom stereocenters. The van der Waals surface area contributed by atoms with Crippen LogP contribution in [0.5, 0.6) is 0 Å². The quantitative estimate of drug-likeness (QED) is 0.815. The number of nitriles is 1. The highest BCUT2D eigenvalue weighted by Gasteiger charge is 2.30. The topological polar surface area (TPSA) is 39.1 Å². The molecule has 3 atom stereocenters. The number of hydrogen-bond acceptors (Lipinski definition) is 3. The van der Waals surface area contributed by atoms with Crippen LogP contribution in [0.2, 0.25) is 0 Å². The Labute approximate surface area is 106 Å². The van der Waals surface area contributed by atoms with Gasteiger partial charge in [-0.15, -0.1) is 0 Å². The summed E-state index contributed by atoms with van der Waals surface area (Å²) in [5.74, 6) is 1.50. The standard InChI is InChI=1S/C14H27N3/c1-11(2)16-14(5,9-15)10-17-7-12(3)6-13(4)8-17/h11-13,16H,6-8,10H2,1-5H3. The lowest BCUT2D eigenvalue weighted by atomic mass is 9.90. The van der Waals surface area contributed by atoms with Crippen molar-refractivity contribution in [1.82, 2.24) is 10.2 Å². The van der Waals surface area contributed by atoms with E-state index in [0.29, 0.717) is 6.04 Å². The maximum atomic E-state index is 9.36. The number of hydrogen-bond donors (Lipinski definition) is 1.